The van der Waals surface area contributed by atoms with E-state index in [0.29, 0.717) is 5.56 Å². The molecule has 92 valence electrons. The fourth-order valence-electron chi connectivity index (χ4n) is 1.48. The summed E-state index contributed by atoms with van der Waals surface area (Å²) in [7, 11) is 1.67. The summed E-state index contributed by atoms with van der Waals surface area (Å²) in [6, 6.07) is 6.20. The SMILES string of the molecule is Cn1cc(Cl)c(C(=O)/C=C/c2ccccc2F)n1. The summed E-state index contributed by atoms with van der Waals surface area (Å²) in [4.78, 5) is 11.8. The van der Waals surface area contributed by atoms with Gasteiger partial charge in [0, 0.05) is 18.8 Å². The van der Waals surface area contributed by atoms with Gasteiger partial charge in [-0.1, -0.05) is 29.8 Å². The van der Waals surface area contributed by atoms with Crippen molar-refractivity contribution in [2.45, 2.75) is 0 Å². The molecule has 0 aliphatic carbocycles. The van der Waals surface area contributed by atoms with Gasteiger partial charge in [-0.2, -0.15) is 5.10 Å². The monoisotopic (exact) mass is 264 g/mol. The zero-order valence-electron chi connectivity index (χ0n) is 9.60. The lowest BCUT2D eigenvalue weighted by Gasteiger charge is -1.94. The van der Waals surface area contributed by atoms with E-state index in [0.717, 1.165) is 0 Å². The Balaban J connectivity index is 2.22. The molecule has 0 fully saturated rings. The van der Waals surface area contributed by atoms with Crippen LogP contribution in [0.1, 0.15) is 16.1 Å². The Labute approximate surface area is 108 Å². The second-order valence-electron chi connectivity index (χ2n) is 3.72. The number of allylic oxidation sites excluding steroid dienone is 1. The zero-order valence-corrected chi connectivity index (χ0v) is 10.4. The highest BCUT2D eigenvalue weighted by molar-refractivity contribution is 6.34. The van der Waals surface area contributed by atoms with Crippen molar-refractivity contribution in [1.82, 2.24) is 9.78 Å². The molecule has 1 heterocycles. The van der Waals surface area contributed by atoms with Crippen molar-refractivity contribution < 1.29 is 9.18 Å². The van der Waals surface area contributed by atoms with Crippen LogP contribution in [-0.4, -0.2) is 15.6 Å². The van der Waals surface area contributed by atoms with Gasteiger partial charge in [0.1, 0.15) is 5.82 Å². The van der Waals surface area contributed by atoms with Gasteiger partial charge in [-0.05, 0) is 18.2 Å². The fraction of sp³-hybridized carbons (Fsp3) is 0.0769. The Morgan fingerprint density at radius 1 is 1.44 bits per heavy atom. The molecule has 0 saturated carbocycles. The molecule has 0 saturated heterocycles. The number of aromatic nitrogens is 2. The lowest BCUT2D eigenvalue weighted by Crippen LogP contribution is -1.98. The molecule has 18 heavy (non-hydrogen) atoms. The number of carbonyl (C=O) groups is 1. The lowest BCUT2D eigenvalue weighted by atomic mass is 10.1. The van der Waals surface area contributed by atoms with E-state index in [9.17, 15) is 9.18 Å². The van der Waals surface area contributed by atoms with Gasteiger partial charge in [-0.15, -0.1) is 0 Å². The van der Waals surface area contributed by atoms with E-state index in [1.54, 1.807) is 25.2 Å². The number of halogens is 2. The van der Waals surface area contributed by atoms with Gasteiger partial charge >= 0.3 is 0 Å². The van der Waals surface area contributed by atoms with Crippen molar-refractivity contribution >= 4 is 23.5 Å². The van der Waals surface area contributed by atoms with Crippen LogP contribution in [-0.2, 0) is 7.05 Å². The van der Waals surface area contributed by atoms with Gasteiger partial charge in [-0.25, -0.2) is 4.39 Å². The molecule has 0 N–H and O–H groups in total. The van der Waals surface area contributed by atoms with Crippen LogP contribution in [0.25, 0.3) is 6.08 Å². The summed E-state index contributed by atoms with van der Waals surface area (Å²) < 4.78 is 14.8. The van der Waals surface area contributed by atoms with Gasteiger partial charge in [0.25, 0.3) is 0 Å². The zero-order chi connectivity index (χ0) is 13.1. The molecular weight excluding hydrogens is 255 g/mol. The van der Waals surface area contributed by atoms with E-state index in [1.165, 1.54) is 29.1 Å². The number of benzene rings is 1. The molecule has 2 aromatic rings. The van der Waals surface area contributed by atoms with Crippen molar-refractivity contribution in [3.8, 4) is 0 Å². The Hall–Kier alpha value is -1.94. The highest BCUT2D eigenvalue weighted by Gasteiger charge is 2.11. The third-order valence-corrected chi connectivity index (χ3v) is 2.61. The first-order chi connectivity index (χ1) is 8.58. The predicted molar refractivity (Wildman–Crippen MR) is 68.0 cm³/mol. The van der Waals surface area contributed by atoms with Gasteiger partial charge in [-0.3, -0.25) is 9.48 Å². The van der Waals surface area contributed by atoms with Gasteiger partial charge in [0.2, 0.25) is 5.78 Å². The van der Waals surface area contributed by atoms with Crippen molar-refractivity contribution in [3.05, 3.63) is 58.6 Å². The van der Waals surface area contributed by atoms with Crippen LogP contribution in [0.3, 0.4) is 0 Å². The first-order valence-electron chi connectivity index (χ1n) is 5.24. The quantitative estimate of drug-likeness (QED) is 0.631. The average molecular weight is 265 g/mol. The summed E-state index contributed by atoms with van der Waals surface area (Å²) in [6.45, 7) is 0. The number of rotatable bonds is 3. The molecule has 0 unspecified atom stereocenters. The number of carbonyl (C=O) groups excluding carboxylic acids is 1. The molecule has 3 nitrogen and oxygen atoms in total. The van der Waals surface area contributed by atoms with Gasteiger partial charge in [0.15, 0.2) is 5.69 Å². The summed E-state index contributed by atoms with van der Waals surface area (Å²) in [5.41, 5.74) is 0.504. The summed E-state index contributed by atoms with van der Waals surface area (Å²) >= 11 is 5.84. The van der Waals surface area contributed by atoms with Crippen LogP contribution in [0.2, 0.25) is 5.02 Å². The van der Waals surface area contributed by atoms with Crippen molar-refractivity contribution in [3.63, 3.8) is 0 Å². The van der Waals surface area contributed by atoms with E-state index < -0.39 is 0 Å². The maximum atomic E-state index is 13.3. The van der Waals surface area contributed by atoms with Crippen molar-refractivity contribution in [2.75, 3.05) is 0 Å². The maximum absolute atomic E-state index is 13.3. The minimum atomic E-state index is -0.381. The number of ketones is 1. The molecule has 0 atom stereocenters. The normalized spacial score (nSPS) is 11.1. The molecule has 0 radical (unpaired) electrons. The largest absolute Gasteiger partial charge is 0.287 e. The van der Waals surface area contributed by atoms with E-state index >= 15 is 0 Å². The molecule has 0 spiro atoms. The second kappa shape index (κ2) is 5.14. The second-order valence-corrected chi connectivity index (χ2v) is 4.13. The number of hydrogen-bond acceptors (Lipinski definition) is 2. The van der Waals surface area contributed by atoms with Crippen LogP contribution in [0.5, 0.6) is 0 Å². The van der Waals surface area contributed by atoms with Crippen LogP contribution < -0.4 is 0 Å². The predicted octanol–water partition coefficient (Wildman–Crippen LogP) is 3.11. The molecule has 0 aliphatic heterocycles. The fourth-order valence-corrected chi connectivity index (χ4v) is 1.75. The van der Waals surface area contributed by atoms with E-state index in [-0.39, 0.29) is 22.3 Å². The van der Waals surface area contributed by atoms with E-state index in [4.69, 9.17) is 11.6 Å². The highest BCUT2D eigenvalue weighted by atomic mass is 35.5. The molecule has 1 aromatic heterocycles. The number of hydrogen-bond donors (Lipinski definition) is 0. The van der Waals surface area contributed by atoms with Gasteiger partial charge in [0.05, 0.1) is 5.02 Å². The van der Waals surface area contributed by atoms with Crippen LogP contribution in [0.4, 0.5) is 4.39 Å². The Bertz CT molecular complexity index is 619. The maximum Gasteiger partial charge on any atom is 0.207 e. The smallest absolute Gasteiger partial charge is 0.207 e. The summed E-state index contributed by atoms with van der Waals surface area (Å²) in [5, 5.41) is 4.21. The highest BCUT2D eigenvalue weighted by Crippen LogP contribution is 2.15. The molecular formula is C13H10ClFN2O. The molecule has 0 amide bonds. The van der Waals surface area contributed by atoms with Crippen LogP contribution >= 0.6 is 11.6 Å². The molecule has 0 bridgehead atoms. The van der Waals surface area contributed by atoms with Crippen molar-refractivity contribution in [1.29, 1.82) is 0 Å². The Kier molecular flexibility index (Phi) is 3.58. The van der Waals surface area contributed by atoms with Crippen LogP contribution in [0.15, 0.2) is 36.5 Å². The van der Waals surface area contributed by atoms with Gasteiger partial charge < -0.3 is 0 Å². The van der Waals surface area contributed by atoms with E-state index in [2.05, 4.69) is 5.10 Å². The Morgan fingerprint density at radius 2 is 2.17 bits per heavy atom. The minimum absolute atomic E-state index is 0.159. The number of aryl methyl sites for hydroxylation is 1. The standard InChI is InChI=1S/C13H10ClFN2O/c1-17-8-10(14)13(16-17)12(18)7-6-9-4-2-3-5-11(9)15/h2-8H,1H3/b7-6+. The summed E-state index contributed by atoms with van der Waals surface area (Å²) in [6.07, 6.45) is 4.20. The minimum Gasteiger partial charge on any atom is -0.287 e. The molecule has 5 heteroatoms. The molecule has 1 aromatic carbocycles. The van der Waals surface area contributed by atoms with Crippen molar-refractivity contribution in [2.24, 2.45) is 7.05 Å². The average Bonchev–Trinajstić information content (AvgIpc) is 2.67. The molecule has 2 rings (SSSR count). The molecule has 0 aliphatic rings. The first-order valence-corrected chi connectivity index (χ1v) is 5.62. The van der Waals surface area contributed by atoms with Crippen LogP contribution in [0, 0.1) is 5.82 Å². The topological polar surface area (TPSA) is 34.9 Å². The third-order valence-electron chi connectivity index (χ3n) is 2.34. The first kappa shape index (κ1) is 12.5. The third kappa shape index (κ3) is 2.65. The lowest BCUT2D eigenvalue weighted by molar-refractivity contribution is 0.104. The van der Waals surface area contributed by atoms with E-state index in [1.807, 2.05) is 0 Å². The number of nitrogens with zero attached hydrogens (tertiary/aromatic N) is 2. The summed E-state index contributed by atoms with van der Waals surface area (Å²) in [5.74, 6) is -0.738. The Morgan fingerprint density at radius 3 is 2.78 bits per heavy atom.